The van der Waals surface area contributed by atoms with Gasteiger partial charge in [0.05, 0.1) is 5.56 Å². The molecule has 0 unspecified atom stereocenters. The molecular weight excluding hydrogens is 457 g/mol. The number of nitrogens with one attached hydrogen (secondary N) is 3. The summed E-state index contributed by atoms with van der Waals surface area (Å²) >= 11 is 0. The first-order valence-electron chi connectivity index (χ1n) is 8.69. The van der Waals surface area contributed by atoms with Crippen molar-refractivity contribution in [1.29, 1.82) is 0 Å². The van der Waals surface area contributed by atoms with Crippen molar-refractivity contribution in [2.75, 3.05) is 26.2 Å². The number of aliphatic imine (C=N–C) groups is 1. The van der Waals surface area contributed by atoms with E-state index in [9.17, 15) is 9.90 Å². The molecule has 0 saturated carbocycles. The number of amides is 1. The van der Waals surface area contributed by atoms with Crippen LogP contribution in [0.25, 0.3) is 0 Å². The highest BCUT2D eigenvalue weighted by Crippen LogP contribution is 2.14. The zero-order chi connectivity index (χ0) is 18.6. The lowest BCUT2D eigenvalue weighted by molar-refractivity contribution is 0.0951. The van der Waals surface area contributed by atoms with Gasteiger partial charge in [-0.15, -0.1) is 24.0 Å². The average molecular weight is 483 g/mol. The number of hydrogen-bond acceptors (Lipinski definition) is 4. The van der Waals surface area contributed by atoms with Crippen molar-refractivity contribution in [1.82, 2.24) is 20.9 Å². The van der Waals surface area contributed by atoms with E-state index in [0.29, 0.717) is 25.6 Å². The highest BCUT2D eigenvalue weighted by atomic mass is 127. The molecular formula is C19H26IN5O2. The van der Waals surface area contributed by atoms with Crippen LogP contribution in [0.2, 0.25) is 0 Å². The van der Waals surface area contributed by atoms with Crippen LogP contribution in [0.4, 0.5) is 0 Å². The first-order valence-corrected chi connectivity index (χ1v) is 8.69. The molecule has 8 heteroatoms. The number of para-hydroxylation sites is 1. The maximum atomic E-state index is 12.0. The Hall–Kier alpha value is -2.36. The monoisotopic (exact) mass is 483 g/mol. The molecule has 146 valence electrons. The first-order chi connectivity index (χ1) is 12.7. The summed E-state index contributed by atoms with van der Waals surface area (Å²) in [6.07, 6.45) is 2.54. The van der Waals surface area contributed by atoms with E-state index in [-0.39, 0.29) is 41.2 Å². The highest BCUT2D eigenvalue weighted by molar-refractivity contribution is 14.0. The predicted octanol–water partition coefficient (Wildman–Crippen LogP) is 1.93. The van der Waals surface area contributed by atoms with Crippen LogP contribution in [0.5, 0.6) is 5.75 Å². The number of benzene rings is 1. The van der Waals surface area contributed by atoms with Gasteiger partial charge in [-0.05, 0) is 31.2 Å². The minimum absolute atomic E-state index is 0. The molecule has 0 spiro atoms. The minimum Gasteiger partial charge on any atom is -0.507 e. The number of rotatable bonds is 8. The standard InChI is InChI=1S/C19H25N5O2.HI/c1-2-20-19(23-12-10-15-7-5-6-11-21-15)24-14-13-22-18(26)16-8-3-4-9-17(16)25;/h3-9,11,25H,2,10,12-14H2,1H3,(H,22,26)(H2,20,23,24);1H. The van der Waals surface area contributed by atoms with Gasteiger partial charge in [0.25, 0.3) is 5.91 Å². The molecule has 1 aromatic heterocycles. The molecule has 1 aromatic carbocycles. The fourth-order valence-corrected chi connectivity index (χ4v) is 2.29. The third-order valence-corrected chi connectivity index (χ3v) is 3.56. The third kappa shape index (κ3) is 8.25. The number of guanidine groups is 1. The molecule has 0 atom stereocenters. The van der Waals surface area contributed by atoms with E-state index in [2.05, 4.69) is 25.9 Å². The van der Waals surface area contributed by atoms with E-state index in [1.54, 1.807) is 24.4 Å². The van der Waals surface area contributed by atoms with Gasteiger partial charge < -0.3 is 21.1 Å². The summed E-state index contributed by atoms with van der Waals surface area (Å²) in [6.45, 7) is 4.30. The molecule has 0 saturated heterocycles. The molecule has 0 fully saturated rings. The first kappa shape index (κ1) is 22.7. The second-order valence-electron chi connectivity index (χ2n) is 5.53. The van der Waals surface area contributed by atoms with Crippen LogP contribution in [-0.2, 0) is 6.42 Å². The smallest absolute Gasteiger partial charge is 0.255 e. The van der Waals surface area contributed by atoms with Crippen molar-refractivity contribution in [3.05, 3.63) is 59.9 Å². The Morgan fingerprint density at radius 2 is 1.81 bits per heavy atom. The number of phenols is 1. The summed E-state index contributed by atoms with van der Waals surface area (Å²) in [5, 5.41) is 18.8. The quantitative estimate of drug-likeness (QED) is 0.199. The van der Waals surface area contributed by atoms with Crippen LogP contribution in [-0.4, -0.2) is 48.1 Å². The van der Waals surface area contributed by atoms with Gasteiger partial charge in [-0.25, -0.2) is 0 Å². The maximum Gasteiger partial charge on any atom is 0.255 e. The largest absolute Gasteiger partial charge is 0.507 e. The fraction of sp³-hybridized carbons (Fsp3) is 0.316. The Labute approximate surface area is 176 Å². The van der Waals surface area contributed by atoms with Gasteiger partial charge in [0.15, 0.2) is 5.96 Å². The van der Waals surface area contributed by atoms with Crippen LogP contribution >= 0.6 is 24.0 Å². The summed E-state index contributed by atoms with van der Waals surface area (Å²) < 4.78 is 0. The molecule has 1 heterocycles. The molecule has 0 aliphatic heterocycles. The van der Waals surface area contributed by atoms with Crippen molar-refractivity contribution < 1.29 is 9.90 Å². The fourth-order valence-electron chi connectivity index (χ4n) is 2.29. The molecule has 2 aromatic rings. The number of carbonyl (C=O) groups is 1. The molecule has 7 nitrogen and oxygen atoms in total. The average Bonchev–Trinajstić information content (AvgIpc) is 2.66. The van der Waals surface area contributed by atoms with Gasteiger partial charge in [-0.3, -0.25) is 14.8 Å². The van der Waals surface area contributed by atoms with Crippen LogP contribution in [0.1, 0.15) is 23.0 Å². The van der Waals surface area contributed by atoms with Gasteiger partial charge in [-0.1, -0.05) is 18.2 Å². The number of hydrogen-bond donors (Lipinski definition) is 4. The zero-order valence-corrected chi connectivity index (χ0v) is 17.6. The Kier molecular flexibility index (Phi) is 10.8. The second kappa shape index (κ2) is 12.9. The molecule has 1 amide bonds. The van der Waals surface area contributed by atoms with E-state index in [1.807, 2.05) is 25.1 Å². The number of halogens is 1. The van der Waals surface area contributed by atoms with Crippen molar-refractivity contribution in [3.8, 4) is 5.75 Å². The van der Waals surface area contributed by atoms with E-state index < -0.39 is 0 Å². The SMILES string of the molecule is CCNC(=NCCc1ccccn1)NCCNC(=O)c1ccccc1O.I. The lowest BCUT2D eigenvalue weighted by atomic mass is 10.2. The maximum absolute atomic E-state index is 12.0. The van der Waals surface area contributed by atoms with Crippen LogP contribution in [0, 0.1) is 0 Å². The summed E-state index contributed by atoms with van der Waals surface area (Å²) in [5.41, 5.74) is 1.27. The van der Waals surface area contributed by atoms with Crippen molar-refractivity contribution in [2.45, 2.75) is 13.3 Å². The lowest BCUT2D eigenvalue weighted by Crippen LogP contribution is -2.41. The number of aromatic nitrogens is 1. The molecule has 0 radical (unpaired) electrons. The van der Waals surface area contributed by atoms with Crippen molar-refractivity contribution in [3.63, 3.8) is 0 Å². The third-order valence-electron chi connectivity index (χ3n) is 3.56. The lowest BCUT2D eigenvalue weighted by Gasteiger charge is -2.12. The molecule has 0 bridgehead atoms. The molecule has 2 rings (SSSR count). The van der Waals surface area contributed by atoms with Gasteiger partial charge in [0.1, 0.15) is 5.75 Å². The number of pyridine rings is 1. The van der Waals surface area contributed by atoms with Gasteiger partial charge in [-0.2, -0.15) is 0 Å². The molecule has 0 aliphatic carbocycles. The summed E-state index contributed by atoms with van der Waals surface area (Å²) in [5.74, 6) is 0.365. The van der Waals surface area contributed by atoms with Gasteiger partial charge in [0, 0.05) is 44.5 Å². The Morgan fingerprint density at radius 3 is 2.52 bits per heavy atom. The van der Waals surface area contributed by atoms with Crippen molar-refractivity contribution in [2.24, 2.45) is 4.99 Å². The van der Waals surface area contributed by atoms with Crippen molar-refractivity contribution >= 4 is 35.8 Å². The minimum atomic E-state index is -0.304. The van der Waals surface area contributed by atoms with Crippen LogP contribution in [0.15, 0.2) is 53.7 Å². The highest BCUT2D eigenvalue weighted by Gasteiger charge is 2.09. The summed E-state index contributed by atoms with van der Waals surface area (Å²) in [6, 6.07) is 12.3. The molecule has 4 N–H and O–H groups in total. The second-order valence-corrected chi connectivity index (χ2v) is 5.53. The number of nitrogens with zero attached hydrogens (tertiary/aromatic N) is 2. The Bertz CT molecular complexity index is 725. The topological polar surface area (TPSA) is 98.6 Å². The van der Waals surface area contributed by atoms with Gasteiger partial charge >= 0.3 is 0 Å². The Morgan fingerprint density at radius 1 is 1.07 bits per heavy atom. The van der Waals surface area contributed by atoms with E-state index >= 15 is 0 Å². The molecule has 0 aliphatic rings. The summed E-state index contributed by atoms with van der Waals surface area (Å²) in [7, 11) is 0. The zero-order valence-electron chi connectivity index (χ0n) is 15.3. The number of carbonyl (C=O) groups excluding carboxylic acids is 1. The number of phenolic OH excluding ortho intramolecular Hbond substituents is 1. The normalized spacial score (nSPS) is 10.6. The summed E-state index contributed by atoms with van der Waals surface area (Å²) in [4.78, 5) is 20.8. The van der Waals surface area contributed by atoms with Crippen LogP contribution in [0.3, 0.4) is 0 Å². The van der Waals surface area contributed by atoms with E-state index in [1.165, 1.54) is 6.07 Å². The van der Waals surface area contributed by atoms with E-state index in [4.69, 9.17) is 0 Å². The van der Waals surface area contributed by atoms with E-state index in [0.717, 1.165) is 18.7 Å². The van der Waals surface area contributed by atoms with Gasteiger partial charge in [0.2, 0.25) is 0 Å². The molecule has 27 heavy (non-hydrogen) atoms. The predicted molar refractivity (Wildman–Crippen MR) is 118 cm³/mol. The number of aromatic hydroxyl groups is 1. The van der Waals surface area contributed by atoms with Crippen LogP contribution < -0.4 is 16.0 Å². The Balaban J connectivity index is 0.00000364.